The minimum absolute atomic E-state index is 0.235. The Balaban J connectivity index is 2.53. The molecular formula is C14H13F2NO2S. The van der Waals surface area contributed by atoms with Crippen LogP contribution in [-0.2, 0) is 4.74 Å². The van der Waals surface area contributed by atoms with Gasteiger partial charge in [-0.3, -0.25) is 0 Å². The van der Waals surface area contributed by atoms with Crippen molar-refractivity contribution in [1.82, 2.24) is 0 Å². The average molecular weight is 297 g/mol. The Labute approximate surface area is 119 Å². The van der Waals surface area contributed by atoms with Gasteiger partial charge in [0.2, 0.25) is 0 Å². The number of nitrogens with two attached hydrogens (primary N) is 1. The number of nitrogen functional groups attached to an aromatic ring is 1. The summed E-state index contributed by atoms with van der Waals surface area (Å²) in [5.74, 6) is -1.88. The minimum atomic E-state index is -0.677. The zero-order valence-corrected chi connectivity index (χ0v) is 11.8. The zero-order valence-electron chi connectivity index (χ0n) is 11.0. The molecule has 0 aliphatic rings. The predicted octanol–water partition coefficient (Wildman–Crippen LogP) is 3.76. The highest BCUT2D eigenvalue weighted by Gasteiger charge is 2.20. The van der Waals surface area contributed by atoms with Gasteiger partial charge in [0.25, 0.3) is 0 Å². The van der Waals surface area contributed by atoms with Crippen LogP contribution in [0.3, 0.4) is 0 Å². The number of benzene rings is 1. The summed E-state index contributed by atoms with van der Waals surface area (Å²) < 4.78 is 31.5. The number of hydrogen-bond donors (Lipinski definition) is 1. The Morgan fingerprint density at radius 3 is 2.45 bits per heavy atom. The predicted molar refractivity (Wildman–Crippen MR) is 74.8 cm³/mol. The van der Waals surface area contributed by atoms with E-state index in [1.807, 2.05) is 0 Å². The topological polar surface area (TPSA) is 52.3 Å². The molecular weight excluding hydrogens is 284 g/mol. The third-order valence-electron chi connectivity index (χ3n) is 2.78. The Bertz CT molecular complexity index is 647. The normalized spacial score (nSPS) is 10.6. The van der Waals surface area contributed by atoms with Gasteiger partial charge in [0, 0.05) is 10.9 Å². The van der Waals surface area contributed by atoms with E-state index in [9.17, 15) is 13.6 Å². The first-order valence-electron chi connectivity index (χ1n) is 5.96. The summed E-state index contributed by atoms with van der Waals surface area (Å²) in [6, 6.07) is 3.20. The first kappa shape index (κ1) is 14.5. The van der Waals surface area contributed by atoms with Crippen molar-refractivity contribution in [3.63, 3.8) is 0 Å². The van der Waals surface area contributed by atoms with E-state index in [1.165, 1.54) is 12.1 Å². The molecule has 20 heavy (non-hydrogen) atoms. The number of hydrogen-bond acceptors (Lipinski definition) is 4. The molecule has 0 saturated carbocycles. The van der Waals surface area contributed by atoms with Gasteiger partial charge in [0.05, 0.1) is 12.3 Å². The molecule has 0 fully saturated rings. The maximum Gasteiger partial charge on any atom is 0.350 e. The highest BCUT2D eigenvalue weighted by atomic mass is 32.1. The van der Waals surface area contributed by atoms with Gasteiger partial charge in [-0.2, -0.15) is 0 Å². The fourth-order valence-electron chi connectivity index (χ4n) is 1.83. The monoisotopic (exact) mass is 297 g/mol. The molecule has 0 bridgehead atoms. The molecule has 1 heterocycles. The van der Waals surface area contributed by atoms with E-state index in [0.717, 1.165) is 17.4 Å². The van der Waals surface area contributed by atoms with E-state index in [4.69, 9.17) is 10.5 Å². The van der Waals surface area contributed by atoms with Crippen LogP contribution in [0.15, 0.2) is 18.2 Å². The summed E-state index contributed by atoms with van der Waals surface area (Å²) in [6.07, 6.45) is 0. The van der Waals surface area contributed by atoms with Gasteiger partial charge in [-0.1, -0.05) is 0 Å². The van der Waals surface area contributed by atoms with Crippen LogP contribution in [0.1, 0.15) is 22.2 Å². The molecule has 2 N–H and O–H groups in total. The van der Waals surface area contributed by atoms with Crippen LogP contribution in [0.4, 0.5) is 14.5 Å². The van der Waals surface area contributed by atoms with Gasteiger partial charge in [-0.15, -0.1) is 11.3 Å². The van der Waals surface area contributed by atoms with Gasteiger partial charge in [-0.05, 0) is 37.1 Å². The van der Waals surface area contributed by atoms with E-state index in [0.29, 0.717) is 16.0 Å². The molecule has 6 heteroatoms. The van der Waals surface area contributed by atoms with Gasteiger partial charge in [0.15, 0.2) is 0 Å². The van der Waals surface area contributed by atoms with Crippen LogP contribution < -0.4 is 5.73 Å². The SMILES string of the molecule is CCOC(=O)c1sc(-c2cc(F)cc(F)c2)c(C)c1N. The van der Waals surface area contributed by atoms with E-state index in [1.54, 1.807) is 13.8 Å². The van der Waals surface area contributed by atoms with Crippen LogP contribution >= 0.6 is 11.3 Å². The van der Waals surface area contributed by atoms with E-state index in [2.05, 4.69) is 0 Å². The number of ether oxygens (including phenoxy) is 1. The summed E-state index contributed by atoms with van der Waals surface area (Å²) in [6.45, 7) is 3.63. The molecule has 2 rings (SSSR count). The number of carbonyl (C=O) groups is 1. The lowest BCUT2D eigenvalue weighted by Gasteiger charge is -2.01. The molecule has 0 atom stereocenters. The first-order chi connectivity index (χ1) is 9.43. The molecule has 2 aromatic rings. The second-order valence-corrected chi connectivity index (χ2v) is 5.20. The minimum Gasteiger partial charge on any atom is -0.462 e. The summed E-state index contributed by atoms with van der Waals surface area (Å²) in [5.41, 5.74) is 7.12. The van der Waals surface area contributed by atoms with Crippen LogP contribution in [0, 0.1) is 18.6 Å². The van der Waals surface area contributed by atoms with Crippen molar-refractivity contribution in [2.45, 2.75) is 13.8 Å². The molecule has 1 aromatic heterocycles. The second kappa shape index (κ2) is 5.58. The van der Waals surface area contributed by atoms with Gasteiger partial charge in [-0.25, -0.2) is 13.6 Å². The molecule has 0 aliphatic heterocycles. The largest absolute Gasteiger partial charge is 0.462 e. The summed E-state index contributed by atoms with van der Waals surface area (Å²) in [5, 5.41) is 0. The number of anilines is 1. The number of rotatable bonds is 3. The highest BCUT2D eigenvalue weighted by molar-refractivity contribution is 7.18. The van der Waals surface area contributed by atoms with Crippen molar-refractivity contribution in [3.8, 4) is 10.4 Å². The van der Waals surface area contributed by atoms with Crippen molar-refractivity contribution in [1.29, 1.82) is 0 Å². The lowest BCUT2D eigenvalue weighted by atomic mass is 10.1. The Morgan fingerprint density at radius 2 is 1.90 bits per heavy atom. The quantitative estimate of drug-likeness (QED) is 0.878. The van der Waals surface area contributed by atoms with Crippen molar-refractivity contribution < 1.29 is 18.3 Å². The van der Waals surface area contributed by atoms with E-state index in [-0.39, 0.29) is 17.2 Å². The van der Waals surface area contributed by atoms with Crippen molar-refractivity contribution in [2.75, 3.05) is 12.3 Å². The lowest BCUT2D eigenvalue weighted by molar-refractivity contribution is 0.0533. The van der Waals surface area contributed by atoms with Crippen LogP contribution in [-0.4, -0.2) is 12.6 Å². The Morgan fingerprint density at radius 1 is 1.30 bits per heavy atom. The Hall–Kier alpha value is -1.95. The van der Waals surface area contributed by atoms with Gasteiger partial charge in [0.1, 0.15) is 16.5 Å². The van der Waals surface area contributed by atoms with Gasteiger partial charge >= 0.3 is 5.97 Å². The average Bonchev–Trinajstić information content (AvgIpc) is 2.66. The summed E-state index contributed by atoms with van der Waals surface area (Å²) in [4.78, 5) is 12.6. The van der Waals surface area contributed by atoms with Crippen molar-refractivity contribution in [3.05, 3.63) is 40.3 Å². The van der Waals surface area contributed by atoms with Crippen LogP contribution in [0.25, 0.3) is 10.4 Å². The molecule has 0 unspecified atom stereocenters. The summed E-state index contributed by atoms with van der Waals surface area (Å²) >= 11 is 1.07. The van der Waals surface area contributed by atoms with Crippen molar-refractivity contribution in [2.24, 2.45) is 0 Å². The highest BCUT2D eigenvalue weighted by Crippen LogP contribution is 2.38. The molecule has 0 saturated heterocycles. The molecule has 0 aliphatic carbocycles. The molecule has 0 spiro atoms. The summed E-state index contributed by atoms with van der Waals surface area (Å²) in [7, 11) is 0. The van der Waals surface area contributed by atoms with Gasteiger partial charge < -0.3 is 10.5 Å². The fraction of sp³-hybridized carbons (Fsp3) is 0.214. The lowest BCUT2D eigenvalue weighted by Crippen LogP contribution is -2.05. The van der Waals surface area contributed by atoms with Crippen molar-refractivity contribution >= 4 is 23.0 Å². The second-order valence-electron chi connectivity index (χ2n) is 4.18. The molecule has 106 valence electrons. The third-order valence-corrected chi connectivity index (χ3v) is 4.12. The first-order valence-corrected chi connectivity index (χ1v) is 6.78. The fourth-order valence-corrected chi connectivity index (χ4v) is 2.94. The van der Waals surface area contributed by atoms with E-state index < -0.39 is 17.6 Å². The maximum absolute atomic E-state index is 13.3. The number of carbonyl (C=O) groups excluding carboxylic acids is 1. The number of halogens is 2. The smallest absolute Gasteiger partial charge is 0.350 e. The maximum atomic E-state index is 13.3. The molecule has 0 amide bonds. The Kier molecular flexibility index (Phi) is 4.04. The zero-order chi connectivity index (χ0) is 14.9. The number of thiophene rings is 1. The standard InChI is InChI=1S/C14H13F2NO2S/c1-3-19-14(18)13-11(17)7(2)12(20-13)8-4-9(15)6-10(16)5-8/h4-6H,3,17H2,1-2H3. The van der Waals surface area contributed by atoms with Crippen LogP contribution in [0.2, 0.25) is 0 Å². The third kappa shape index (κ3) is 2.65. The van der Waals surface area contributed by atoms with Crippen LogP contribution in [0.5, 0.6) is 0 Å². The molecule has 1 aromatic carbocycles. The molecule has 0 radical (unpaired) electrons. The number of esters is 1. The van der Waals surface area contributed by atoms with E-state index >= 15 is 0 Å². The molecule has 3 nitrogen and oxygen atoms in total.